The van der Waals surface area contributed by atoms with Crippen LogP contribution in [0.5, 0.6) is 0 Å². The van der Waals surface area contributed by atoms with Crippen molar-refractivity contribution in [1.29, 1.82) is 0 Å². The second-order valence-corrected chi connectivity index (χ2v) is 8.09. The second-order valence-electron chi connectivity index (χ2n) is 6.52. The summed E-state index contributed by atoms with van der Waals surface area (Å²) >= 11 is 0. The van der Waals surface area contributed by atoms with E-state index >= 15 is 0 Å². The third-order valence-corrected chi connectivity index (χ3v) is 3.53. The van der Waals surface area contributed by atoms with Crippen LogP contribution in [0.1, 0.15) is 27.2 Å². The van der Waals surface area contributed by atoms with E-state index < -0.39 is 21.8 Å². The standard InChI is InChI=1S/C16H33NO9S/c1-16(2,3)26-15(18)17-5-7-23-9-11-25-13-12-24-10-8-22-6-4-14-27(19,20)21/h4-14H2,1-3H3,(H,17,18)(H,19,20,21). The fraction of sp³-hybridized carbons (Fsp3) is 0.938. The minimum absolute atomic E-state index is 0.245. The summed E-state index contributed by atoms with van der Waals surface area (Å²) in [5, 5.41) is 2.59. The van der Waals surface area contributed by atoms with Crippen LogP contribution in [0.25, 0.3) is 0 Å². The predicted molar refractivity (Wildman–Crippen MR) is 98.5 cm³/mol. The summed E-state index contributed by atoms with van der Waals surface area (Å²) in [5.74, 6) is -0.305. The maximum atomic E-state index is 11.4. The molecule has 0 aliphatic heterocycles. The molecule has 0 aliphatic rings. The lowest BCUT2D eigenvalue weighted by Crippen LogP contribution is -2.34. The first-order valence-corrected chi connectivity index (χ1v) is 10.4. The summed E-state index contributed by atoms with van der Waals surface area (Å²) < 4.78 is 55.6. The van der Waals surface area contributed by atoms with Crippen molar-refractivity contribution in [3.63, 3.8) is 0 Å². The first-order valence-electron chi connectivity index (χ1n) is 8.83. The summed E-state index contributed by atoms with van der Waals surface area (Å²) in [7, 11) is -3.91. The molecule has 10 nitrogen and oxygen atoms in total. The Morgan fingerprint density at radius 1 is 0.852 bits per heavy atom. The van der Waals surface area contributed by atoms with Gasteiger partial charge >= 0.3 is 6.09 Å². The number of carbonyl (C=O) groups excluding carboxylic acids is 1. The van der Waals surface area contributed by atoms with Crippen molar-refractivity contribution in [1.82, 2.24) is 5.32 Å². The Morgan fingerprint density at radius 3 is 1.74 bits per heavy atom. The fourth-order valence-corrected chi connectivity index (χ4v) is 2.13. The van der Waals surface area contributed by atoms with Gasteiger partial charge in [-0.2, -0.15) is 8.42 Å². The molecule has 0 saturated heterocycles. The van der Waals surface area contributed by atoms with Gasteiger partial charge in [0.1, 0.15) is 5.60 Å². The van der Waals surface area contributed by atoms with E-state index in [2.05, 4.69) is 5.32 Å². The molecule has 162 valence electrons. The van der Waals surface area contributed by atoms with Crippen molar-refractivity contribution >= 4 is 16.2 Å². The van der Waals surface area contributed by atoms with Crippen LogP contribution in [0, 0.1) is 0 Å². The molecule has 0 unspecified atom stereocenters. The van der Waals surface area contributed by atoms with Gasteiger partial charge in [-0.05, 0) is 27.2 Å². The molecule has 0 heterocycles. The Labute approximate surface area is 161 Å². The van der Waals surface area contributed by atoms with E-state index in [1.54, 1.807) is 20.8 Å². The van der Waals surface area contributed by atoms with E-state index in [0.29, 0.717) is 52.8 Å². The number of hydrogen-bond acceptors (Lipinski definition) is 8. The molecule has 0 aromatic rings. The van der Waals surface area contributed by atoms with Crippen molar-refractivity contribution < 1.29 is 41.4 Å². The smallest absolute Gasteiger partial charge is 0.407 e. The van der Waals surface area contributed by atoms with Crippen molar-refractivity contribution in [2.45, 2.75) is 32.8 Å². The fourth-order valence-electron chi connectivity index (χ4n) is 1.64. The van der Waals surface area contributed by atoms with Gasteiger partial charge in [-0.15, -0.1) is 0 Å². The van der Waals surface area contributed by atoms with Gasteiger partial charge in [0, 0.05) is 13.2 Å². The van der Waals surface area contributed by atoms with Crippen LogP contribution >= 0.6 is 0 Å². The molecule has 27 heavy (non-hydrogen) atoms. The highest BCUT2D eigenvalue weighted by atomic mass is 32.2. The maximum absolute atomic E-state index is 11.4. The van der Waals surface area contributed by atoms with Gasteiger partial charge in [0.05, 0.1) is 52.0 Å². The van der Waals surface area contributed by atoms with Gasteiger partial charge in [0.15, 0.2) is 0 Å². The highest BCUT2D eigenvalue weighted by Gasteiger charge is 2.15. The van der Waals surface area contributed by atoms with Crippen LogP contribution < -0.4 is 5.32 Å². The van der Waals surface area contributed by atoms with Crippen molar-refractivity contribution in [3.05, 3.63) is 0 Å². The van der Waals surface area contributed by atoms with Gasteiger partial charge in [-0.1, -0.05) is 0 Å². The van der Waals surface area contributed by atoms with Gasteiger partial charge in [-0.3, -0.25) is 4.55 Å². The molecule has 2 N–H and O–H groups in total. The number of carbonyl (C=O) groups is 1. The van der Waals surface area contributed by atoms with Crippen LogP contribution in [-0.4, -0.2) is 89.8 Å². The van der Waals surface area contributed by atoms with Crippen LogP contribution in [0.15, 0.2) is 0 Å². The summed E-state index contributed by atoms with van der Waals surface area (Å²) in [5.41, 5.74) is -0.518. The van der Waals surface area contributed by atoms with E-state index in [4.69, 9.17) is 28.2 Å². The first-order chi connectivity index (χ1) is 12.6. The van der Waals surface area contributed by atoms with Crippen LogP contribution in [0.4, 0.5) is 4.79 Å². The largest absolute Gasteiger partial charge is 0.444 e. The molecule has 0 spiro atoms. The highest BCUT2D eigenvalue weighted by Crippen LogP contribution is 2.05. The number of hydrogen-bond donors (Lipinski definition) is 2. The summed E-state index contributed by atoms with van der Waals surface area (Å²) in [6.07, 6.45) is -0.225. The normalized spacial score (nSPS) is 12.1. The third-order valence-electron chi connectivity index (χ3n) is 2.72. The zero-order valence-electron chi connectivity index (χ0n) is 16.4. The van der Waals surface area contributed by atoms with E-state index in [0.717, 1.165) is 0 Å². The Bertz CT molecular complexity index is 477. The van der Waals surface area contributed by atoms with E-state index in [-0.39, 0.29) is 18.8 Å². The Balaban J connectivity index is 3.20. The third kappa shape index (κ3) is 23.0. The molecular weight excluding hydrogens is 382 g/mol. The topological polar surface area (TPSA) is 130 Å². The van der Waals surface area contributed by atoms with Crippen molar-refractivity contribution in [3.8, 4) is 0 Å². The predicted octanol–water partition coefficient (Wildman–Crippen LogP) is 0.855. The molecule has 0 aromatic carbocycles. The van der Waals surface area contributed by atoms with Gasteiger partial charge in [0.25, 0.3) is 10.1 Å². The lowest BCUT2D eigenvalue weighted by molar-refractivity contribution is -0.00170. The van der Waals surface area contributed by atoms with Gasteiger partial charge in [-0.25, -0.2) is 4.79 Å². The van der Waals surface area contributed by atoms with E-state index in [9.17, 15) is 13.2 Å². The lowest BCUT2D eigenvalue weighted by Gasteiger charge is -2.19. The lowest BCUT2D eigenvalue weighted by atomic mass is 10.2. The highest BCUT2D eigenvalue weighted by molar-refractivity contribution is 7.85. The zero-order chi connectivity index (χ0) is 20.6. The quantitative estimate of drug-likeness (QED) is 0.278. The molecule has 0 aliphatic carbocycles. The number of ether oxygens (including phenoxy) is 5. The second kappa shape index (κ2) is 15.0. The molecular formula is C16H33NO9S. The molecule has 0 bridgehead atoms. The average Bonchev–Trinajstić information content (AvgIpc) is 2.51. The minimum atomic E-state index is -3.91. The van der Waals surface area contributed by atoms with Crippen LogP contribution in [-0.2, 0) is 33.8 Å². The SMILES string of the molecule is CC(C)(C)OC(=O)NCCOCCOCCOCCOCCCS(=O)(=O)O. The monoisotopic (exact) mass is 415 g/mol. The minimum Gasteiger partial charge on any atom is -0.444 e. The Morgan fingerprint density at radius 2 is 1.30 bits per heavy atom. The summed E-state index contributed by atoms with van der Waals surface area (Å²) in [6.45, 7) is 8.75. The van der Waals surface area contributed by atoms with Crippen molar-refractivity contribution in [2.24, 2.45) is 0 Å². The first kappa shape index (κ1) is 26.0. The maximum Gasteiger partial charge on any atom is 0.407 e. The van der Waals surface area contributed by atoms with Crippen molar-refractivity contribution in [2.75, 3.05) is 65.2 Å². The van der Waals surface area contributed by atoms with Crippen LogP contribution in [0.2, 0.25) is 0 Å². The molecule has 0 aromatic heterocycles. The van der Waals surface area contributed by atoms with E-state index in [1.807, 2.05) is 0 Å². The molecule has 0 atom stereocenters. The average molecular weight is 416 g/mol. The number of amides is 1. The molecule has 0 saturated carbocycles. The Hall–Kier alpha value is -0.980. The van der Waals surface area contributed by atoms with Gasteiger partial charge < -0.3 is 29.0 Å². The van der Waals surface area contributed by atoms with Gasteiger partial charge in [0.2, 0.25) is 0 Å². The summed E-state index contributed by atoms with van der Waals surface area (Å²) in [4.78, 5) is 11.4. The molecule has 1 amide bonds. The molecule has 0 rings (SSSR count). The number of rotatable bonds is 16. The number of nitrogens with one attached hydrogen (secondary N) is 1. The molecule has 0 fully saturated rings. The summed E-state index contributed by atoms with van der Waals surface area (Å²) in [6, 6.07) is 0. The Kier molecular flexibility index (Phi) is 14.5. The number of alkyl carbamates (subject to hydrolysis) is 1. The molecule has 0 radical (unpaired) electrons. The molecule has 11 heteroatoms. The van der Waals surface area contributed by atoms with Crippen LogP contribution in [0.3, 0.4) is 0 Å². The zero-order valence-corrected chi connectivity index (χ0v) is 17.2. The van der Waals surface area contributed by atoms with E-state index in [1.165, 1.54) is 0 Å².